The normalized spacial score (nSPS) is 14.8. The molecule has 1 aliphatic heterocycles. The van der Waals surface area contributed by atoms with Gasteiger partial charge in [-0.05, 0) is 55.3 Å². The van der Waals surface area contributed by atoms with Gasteiger partial charge in [-0.25, -0.2) is 9.79 Å². The second-order valence-corrected chi connectivity index (χ2v) is 11.7. The van der Waals surface area contributed by atoms with Gasteiger partial charge >= 0.3 is 5.97 Å². The van der Waals surface area contributed by atoms with Crippen LogP contribution in [0.15, 0.2) is 94.0 Å². The number of para-hydroxylation sites is 1. The van der Waals surface area contributed by atoms with Crippen LogP contribution in [0.25, 0.3) is 17.0 Å². The van der Waals surface area contributed by atoms with E-state index in [0.29, 0.717) is 49.2 Å². The van der Waals surface area contributed by atoms with E-state index in [2.05, 4.69) is 10.6 Å². The second-order valence-electron chi connectivity index (χ2n) is 10.2. The van der Waals surface area contributed by atoms with Crippen LogP contribution in [-0.2, 0) is 16.1 Å². The van der Waals surface area contributed by atoms with E-state index >= 15 is 0 Å². The number of rotatable bonds is 8. The SMILES string of the molecule is CCOC(=O)C1=C(C)N=c2s/c(=C/c3cn(Cc4ccccc4Cl)c4ccccc34)c(=O)n2[C@H]1c1ccc(OC)c(OC)c1. The lowest BCUT2D eigenvalue weighted by atomic mass is 9.95. The number of benzene rings is 3. The van der Waals surface area contributed by atoms with E-state index < -0.39 is 12.0 Å². The van der Waals surface area contributed by atoms with Crippen molar-refractivity contribution in [2.75, 3.05) is 20.8 Å². The maximum Gasteiger partial charge on any atom is 0.338 e. The number of aromatic nitrogens is 2. The van der Waals surface area contributed by atoms with E-state index in [4.69, 9.17) is 30.8 Å². The maximum atomic E-state index is 14.2. The molecule has 2 aromatic heterocycles. The van der Waals surface area contributed by atoms with E-state index in [0.717, 1.165) is 22.0 Å². The number of esters is 1. The number of hydrogen-bond acceptors (Lipinski definition) is 7. The predicted molar refractivity (Wildman–Crippen MR) is 172 cm³/mol. The molecule has 0 saturated heterocycles. The van der Waals surface area contributed by atoms with Crippen LogP contribution in [0.3, 0.4) is 0 Å². The average molecular weight is 628 g/mol. The van der Waals surface area contributed by atoms with Crippen LogP contribution in [0.1, 0.15) is 36.6 Å². The molecule has 6 rings (SSSR count). The zero-order valence-corrected chi connectivity index (χ0v) is 26.2. The molecule has 0 aliphatic carbocycles. The highest BCUT2D eigenvalue weighted by atomic mass is 35.5. The van der Waals surface area contributed by atoms with Gasteiger partial charge in [0, 0.05) is 34.2 Å². The minimum Gasteiger partial charge on any atom is -0.493 e. The molecule has 0 radical (unpaired) electrons. The zero-order chi connectivity index (χ0) is 31.0. The Balaban J connectivity index is 1.53. The molecule has 0 fully saturated rings. The van der Waals surface area contributed by atoms with Crippen LogP contribution in [0.4, 0.5) is 0 Å². The number of hydrogen-bond donors (Lipinski definition) is 0. The minimum absolute atomic E-state index is 0.191. The van der Waals surface area contributed by atoms with Gasteiger partial charge in [0.1, 0.15) is 0 Å². The van der Waals surface area contributed by atoms with Crippen LogP contribution in [0.5, 0.6) is 11.5 Å². The Morgan fingerprint density at radius 1 is 1.05 bits per heavy atom. The first-order chi connectivity index (χ1) is 21.3. The van der Waals surface area contributed by atoms with Gasteiger partial charge in [-0.15, -0.1) is 0 Å². The van der Waals surface area contributed by atoms with Gasteiger partial charge < -0.3 is 18.8 Å². The Hall–Kier alpha value is -4.60. The topological polar surface area (TPSA) is 84.1 Å². The van der Waals surface area contributed by atoms with Gasteiger partial charge in [0.2, 0.25) is 0 Å². The lowest BCUT2D eigenvalue weighted by molar-refractivity contribution is -0.139. The molecule has 1 atom stereocenters. The fourth-order valence-electron chi connectivity index (χ4n) is 5.60. The molecule has 0 spiro atoms. The summed E-state index contributed by atoms with van der Waals surface area (Å²) in [4.78, 5) is 32.7. The highest BCUT2D eigenvalue weighted by Crippen LogP contribution is 2.36. The van der Waals surface area contributed by atoms with Crippen molar-refractivity contribution in [1.82, 2.24) is 9.13 Å². The summed E-state index contributed by atoms with van der Waals surface area (Å²) in [7, 11) is 3.10. The molecule has 3 heterocycles. The number of ether oxygens (including phenoxy) is 3. The van der Waals surface area contributed by atoms with Crippen molar-refractivity contribution in [3.63, 3.8) is 0 Å². The Morgan fingerprint density at radius 3 is 2.55 bits per heavy atom. The first-order valence-corrected chi connectivity index (χ1v) is 15.3. The first kappa shape index (κ1) is 29.5. The van der Waals surface area contributed by atoms with Gasteiger partial charge in [-0.3, -0.25) is 9.36 Å². The number of fused-ring (bicyclic) bond motifs is 2. The molecule has 0 unspecified atom stereocenters. The smallest absolute Gasteiger partial charge is 0.338 e. The lowest BCUT2D eigenvalue weighted by Crippen LogP contribution is -2.39. The second kappa shape index (κ2) is 12.2. The standard InChI is InChI=1S/C34H30ClN3O5S/c1-5-43-33(40)30-20(2)36-34-38(31(30)21-14-15-27(41-3)28(16-21)42-4)32(39)29(44-34)17-23-19-37(26-13-9-7-11-24(23)26)18-22-10-6-8-12-25(22)35/h6-17,19,31H,5,18H2,1-4H3/b29-17+/t31-/m0/s1. The third-order valence-electron chi connectivity index (χ3n) is 7.64. The van der Waals surface area contributed by atoms with E-state index in [1.165, 1.54) is 11.3 Å². The number of nitrogens with zero attached hydrogens (tertiary/aromatic N) is 3. The molecule has 3 aromatic carbocycles. The largest absolute Gasteiger partial charge is 0.493 e. The summed E-state index contributed by atoms with van der Waals surface area (Å²) in [5.74, 6) is 0.497. The molecule has 0 N–H and O–H groups in total. The number of thiazole rings is 1. The van der Waals surface area contributed by atoms with Crippen LogP contribution in [0.2, 0.25) is 5.02 Å². The summed E-state index contributed by atoms with van der Waals surface area (Å²) in [5.41, 5.74) is 4.12. The third kappa shape index (κ3) is 5.22. The van der Waals surface area contributed by atoms with Gasteiger partial charge in [0.05, 0.1) is 42.7 Å². The van der Waals surface area contributed by atoms with Gasteiger partial charge in [-0.1, -0.05) is 65.4 Å². The minimum atomic E-state index is -0.770. The number of methoxy groups -OCH3 is 2. The molecule has 1 aliphatic rings. The van der Waals surface area contributed by atoms with Crippen molar-refractivity contribution < 1.29 is 19.0 Å². The summed E-state index contributed by atoms with van der Waals surface area (Å²) in [5, 5.41) is 1.70. The summed E-state index contributed by atoms with van der Waals surface area (Å²) >= 11 is 7.76. The Kier molecular flexibility index (Phi) is 8.16. The van der Waals surface area contributed by atoms with Crippen molar-refractivity contribution >= 4 is 45.9 Å². The fourth-order valence-corrected chi connectivity index (χ4v) is 6.84. The van der Waals surface area contributed by atoms with Crippen molar-refractivity contribution in [2.24, 2.45) is 4.99 Å². The first-order valence-electron chi connectivity index (χ1n) is 14.1. The predicted octanol–water partition coefficient (Wildman–Crippen LogP) is 5.47. The molecule has 224 valence electrons. The van der Waals surface area contributed by atoms with Gasteiger partial charge in [-0.2, -0.15) is 0 Å². The molecule has 0 bridgehead atoms. The summed E-state index contributed by atoms with van der Waals surface area (Å²) in [6, 6.07) is 20.4. The average Bonchev–Trinajstić information content (AvgIpc) is 3.53. The Labute approximate surface area is 262 Å². The van der Waals surface area contributed by atoms with Crippen LogP contribution in [0, 0.1) is 0 Å². The van der Waals surface area contributed by atoms with Crippen molar-refractivity contribution in [3.05, 3.63) is 126 Å². The summed E-state index contributed by atoms with van der Waals surface area (Å²) in [6.07, 6.45) is 3.93. The van der Waals surface area contributed by atoms with Crippen molar-refractivity contribution in [3.8, 4) is 11.5 Å². The van der Waals surface area contributed by atoms with Crippen LogP contribution < -0.4 is 24.4 Å². The molecule has 8 nitrogen and oxygen atoms in total. The number of allylic oxidation sites excluding steroid dienone is 1. The Bertz CT molecular complexity index is 2120. The molecule has 5 aromatic rings. The molecule has 0 amide bonds. The maximum absolute atomic E-state index is 14.2. The van der Waals surface area contributed by atoms with E-state index in [9.17, 15) is 9.59 Å². The van der Waals surface area contributed by atoms with E-state index in [1.54, 1.807) is 44.8 Å². The van der Waals surface area contributed by atoms with Crippen molar-refractivity contribution in [1.29, 1.82) is 0 Å². The highest BCUT2D eigenvalue weighted by molar-refractivity contribution is 7.07. The Morgan fingerprint density at radius 2 is 1.80 bits per heavy atom. The lowest BCUT2D eigenvalue weighted by Gasteiger charge is -2.25. The number of carbonyl (C=O) groups excluding carboxylic acids is 1. The van der Waals surface area contributed by atoms with Crippen LogP contribution in [-0.4, -0.2) is 35.9 Å². The zero-order valence-electron chi connectivity index (χ0n) is 24.7. The van der Waals surface area contributed by atoms with Gasteiger partial charge in [0.25, 0.3) is 5.56 Å². The molecular formula is C34H30ClN3O5S. The van der Waals surface area contributed by atoms with E-state index in [1.807, 2.05) is 60.8 Å². The number of halogens is 1. The van der Waals surface area contributed by atoms with Crippen LogP contribution >= 0.6 is 22.9 Å². The molecule has 44 heavy (non-hydrogen) atoms. The van der Waals surface area contributed by atoms with E-state index in [-0.39, 0.29) is 12.2 Å². The van der Waals surface area contributed by atoms with Gasteiger partial charge in [0.15, 0.2) is 16.3 Å². The third-order valence-corrected chi connectivity index (χ3v) is 9.00. The quantitative estimate of drug-likeness (QED) is 0.213. The fraction of sp³-hybridized carbons (Fsp3) is 0.206. The molecule has 10 heteroatoms. The number of carbonyl (C=O) groups is 1. The summed E-state index contributed by atoms with van der Waals surface area (Å²) < 4.78 is 20.6. The highest BCUT2D eigenvalue weighted by Gasteiger charge is 2.34. The molecule has 0 saturated carbocycles. The van der Waals surface area contributed by atoms with Crippen molar-refractivity contribution in [2.45, 2.75) is 26.4 Å². The summed E-state index contributed by atoms with van der Waals surface area (Å²) in [6.45, 7) is 4.28. The molecular weight excluding hydrogens is 598 g/mol. The monoisotopic (exact) mass is 627 g/mol.